The van der Waals surface area contributed by atoms with E-state index in [1.165, 1.54) is 0 Å². The van der Waals surface area contributed by atoms with E-state index in [0.717, 1.165) is 26.1 Å². The second-order valence-electron chi connectivity index (χ2n) is 2.73. The monoisotopic (exact) mass is 162 g/mol. The van der Waals surface area contributed by atoms with Crippen molar-refractivity contribution in [1.82, 2.24) is 10.4 Å². The lowest BCUT2D eigenvalue weighted by Crippen LogP contribution is -2.43. The van der Waals surface area contributed by atoms with Gasteiger partial charge >= 0.3 is 0 Å². The molecule has 0 aromatic rings. The maximum atomic E-state index is 9.39. The van der Waals surface area contributed by atoms with Crippen LogP contribution in [-0.4, -0.2) is 30.8 Å². The van der Waals surface area contributed by atoms with Crippen LogP contribution in [0, 0.1) is 5.92 Å². The molecular weight excluding hydrogens is 147 g/mol. The smallest absolute Gasteiger partial charge is 0.0705 e. The van der Waals surface area contributed by atoms with Crippen LogP contribution < -0.4 is 10.4 Å². The number of rotatable bonds is 2. The zero-order valence-corrected chi connectivity index (χ0v) is 7.16. The second kappa shape index (κ2) is 4.24. The van der Waals surface area contributed by atoms with Crippen molar-refractivity contribution in [2.75, 3.05) is 19.6 Å². The van der Waals surface area contributed by atoms with E-state index in [4.69, 9.17) is 0 Å². The first-order valence-electron chi connectivity index (χ1n) is 3.67. The van der Waals surface area contributed by atoms with E-state index in [-0.39, 0.29) is 6.10 Å². The normalized spacial score (nSPS) is 34.2. The third-order valence-corrected chi connectivity index (χ3v) is 2.21. The lowest BCUT2D eigenvalue weighted by molar-refractivity contribution is 0.0847. The van der Waals surface area contributed by atoms with Crippen molar-refractivity contribution in [3.8, 4) is 0 Å². The highest BCUT2D eigenvalue weighted by atomic mass is 31.0. The van der Waals surface area contributed by atoms with Gasteiger partial charge in [0.15, 0.2) is 0 Å². The van der Waals surface area contributed by atoms with E-state index < -0.39 is 0 Å². The van der Waals surface area contributed by atoms with Gasteiger partial charge in [0, 0.05) is 19.0 Å². The van der Waals surface area contributed by atoms with Crippen LogP contribution in [0.15, 0.2) is 0 Å². The first-order chi connectivity index (χ1) is 4.84. The maximum absolute atomic E-state index is 9.39. The molecule has 0 amide bonds. The van der Waals surface area contributed by atoms with E-state index in [1.807, 2.05) is 0 Å². The predicted octanol–water partition coefficient (Wildman–Crippen LogP) is -0.663. The molecule has 3 nitrogen and oxygen atoms in total. The molecule has 60 valence electrons. The van der Waals surface area contributed by atoms with Gasteiger partial charge in [-0.05, 0) is 13.0 Å². The molecule has 0 bridgehead atoms. The van der Waals surface area contributed by atoms with Crippen molar-refractivity contribution >= 4 is 9.39 Å². The average Bonchev–Trinajstić information content (AvgIpc) is 1.94. The topological polar surface area (TPSA) is 44.3 Å². The van der Waals surface area contributed by atoms with Crippen LogP contribution in [0.2, 0.25) is 0 Å². The SMILES string of the molecule is O[C@@H]1CNCC[C@H]1CNP. The Kier molecular flexibility index (Phi) is 3.57. The number of piperidine rings is 1. The molecule has 1 heterocycles. The zero-order chi connectivity index (χ0) is 7.40. The van der Waals surface area contributed by atoms with Crippen molar-refractivity contribution in [2.45, 2.75) is 12.5 Å². The summed E-state index contributed by atoms with van der Waals surface area (Å²) in [5.41, 5.74) is 0. The van der Waals surface area contributed by atoms with E-state index in [2.05, 4.69) is 19.8 Å². The van der Waals surface area contributed by atoms with Crippen LogP contribution in [0.25, 0.3) is 0 Å². The molecule has 1 fully saturated rings. The number of nitrogens with one attached hydrogen (secondary N) is 2. The Balaban J connectivity index is 2.25. The van der Waals surface area contributed by atoms with Crippen molar-refractivity contribution in [3.63, 3.8) is 0 Å². The number of aliphatic hydroxyl groups excluding tert-OH is 1. The highest BCUT2D eigenvalue weighted by Gasteiger charge is 2.21. The first-order valence-corrected chi connectivity index (χ1v) is 4.24. The largest absolute Gasteiger partial charge is 0.391 e. The molecule has 10 heavy (non-hydrogen) atoms. The molecular formula is C6H15N2OP. The van der Waals surface area contributed by atoms with Crippen LogP contribution in [0.5, 0.6) is 0 Å². The van der Waals surface area contributed by atoms with Crippen LogP contribution in [0.3, 0.4) is 0 Å². The molecule has 1 rings (SSSR count). The Morgan fingerprint density at radius 2 is 2.50 bits per heavy atom. The fourth-order valence-electron chi connectivity index (χ4n) is 1.29. The summed E-state index contributed by atoms with van der Waals surface area (Å²) in [6, 6.07) is 0. The van der Waals surface area contributed by atoms with Crippen LogP contribution in [-0.2, 0) is 0 Å². The Hall–Kier alpha value is 0.310. The maximum Gasteiger partial charge on any atom is 0.0705 e. The fourth-order valence-corrected chi connectivity index (χ4v) is 1.59. The fraction of sp³-hybridized carbons (Fsp3) is 1.00. The lowest BCUT2D eigenvalue weighted by atomic mass is 9.96. The third-order valence-electron chi connectivity index (χ3n) is 1.97. The summed E-state index contributed by atoms with van der Waals surface area (Å²) in [4.78, 5) is 0. The van der Waals surface area contributed by atoms with Crippen molar-refractivity contribution in [1.29, 1.82) is 0 Å². The molecule has 0 aromatic heterocycles. The summed E-state index contributed by atoms with van der Waals surface area (Å²) in [5.74, 6) is 0.429. The summed E-state index contributed by atoms with van der Waals surface area (Å²) in [7, 11) is 2.46. The highest BCUT2D eigenvalue weighted by molar-refractivity contribution is 7.13. The summed E-state index contributed by atoms with van der Waals surface area (Å²) >= 11 is 0. The van der Waals surface area contributed by atoms with E-state index in [0.29, 0.717) is 5.92 Å². The molecule has 0 aromatic carbocycles. The average molecular weight is 162 g/mol. The zero-order valence-electron chi connectivity index (χ0n) is 6.01. The van der Waals surface area contributed by atoms with Gasteiger partial charge in [-0.2, -0.15) is 0 Å². The summed E-state index contributed by atoms with van der Waals surface area (Å²) in [5, 5.41) is 15.5. The molecule has 0 radical (unpaired) electrons. The van der Waals surface area contributed by atoms with E-state index in [9.17, 15) is 5.11 Å². The minimum absolute atomic E-state index is 0.165. The van der Waals surface area contributed by atoms with Gasteiger partial charge in [-0.15, -0.1) is 0 Å². The molecule has 1 unspecified atom stereocenters. The molecule has 1 saturated heterocycles. The molecule has 3 N–H and O–H groups in total. The number of aliphatic hydroxyl groups is 1. The van der Waals surface area contributed by atoms with Gasteiger partial charge in [0.2, 0.25) is 0 Å². The van der Waals surface area contributed by atoms with Gasteiger partial charge in [0.1, 0.15) is 0 Å². The summed E-state index contributed by atoms with van der Waals surface area (Å²) in [6.45, 7) is 2.68. The lowest BCUT2D eigenvalue weighted by Gasteiger charge is -2.27. The Bertz CT molecular complexity index is 99.7. The van der Waals surface area contributed by atoms with Crippen molar-refractivity contribution in [3.05, 3.63) is 0 Å². The van der Waals surface area contributed by atoms with Gasteiger partial charge in [-0.25, -0.2) is 0 Å². The van der Waals surface area contributed by atoms with E-state index >= 15 is 0 Å². The highest BCUT2D eigenvalue weighted by Crippen LogP contribution is 2.11. The van der Waals surface area contributed by atoms with Crippen LogP contribution in [0.4, 0.5) is 0 Å². The van der Waals surface area contributed by atoms with Gasteiger partial charge in [0.25, 0.3) is 0 Å². The summed E-state index contributed by atoms with van der Waals surface area (Å²) < 4.78 is 0. The molecule has 3 atom stereocenters. The number of hydrogen-bond donors (Lipinski definition) is 3. The van der Waals surface area contributed by atoms with E-state index in [1.54, 1.807) is 0 Å². The Morgan fingerprint density at radius 1 is 1.70 bits per heavy atom. The van der Waals surface area contributed by atoms with Crippen LogP contribution in [0.1, 0.15) is 6.42 Å². The molecule has 4 heteroatoms. The van der Waals surface area contributed by atoms with Crippen LogP contribution >= 0.6 is 9.39 Å². The summed E-state index contributed by atoms with van der Waals surface area (Å²) in [6.07, 6.45) is 0.907. The molecule has 1 aliphatic heterocycles. The molecule has 0 saturated carbocycles. The Labute approximate surface area is 63.8 Å². The molecule has 0 spiro atoms. The van der Waals surface area contributed by atoms with Gasteiger partial charge in [-0.1, -0.05) is 9.39 Å². The predicted molar refractivity (Wildman–Crippen MR) is 44.7 cm³/mol. The molecule has 1 aliphatic rings. The number of hydrogen-bond acceptors (Lipinski definition) is 3. The standard InChI is InChI=1S/C6H15N2OP/c9-6-4-7-2-1-5(6)3-8-10/h5-9H,1-4,10H2/t5-,6+/m0/s1. The van der Waals surface area contributed by atoms with Gasteiger partial charge in [0.05, 0.1) is 6.10 Å². The van der Waals surface area contributed by atoms with Crippen molar-refractivity contribution in [2.24, 2.45) is 5.92 Å². The third kappa shape index (κ3) is 2.17. The second-order valence-corrected chi connectivity index (χ2v) is 3.14. The van der Waals surface area contributed by atoms with Gasteiger partial charge in [-0.3, -0.25) is 0 Å². The van der Waals surface area contributed by atoms with Crippen molar-refractivity contribution < 1.29 is 5.11 Å². The number of β-amino-alcohol motifs (C(OH)–C–C–N with tert-alkyl or cyclic N) is 1. The first kappa shape index (κ1) is 8.41. The minimum atomic E-state index is -0.165. The quantitative estimate of drug-likeness (QED) is 0.472. The van der Waals surface area contributed by atoms with Gasteiger partial charge < -0.3 is 15.5 Å². The molecule has 0 aliphatic carbocycles. The minimum Gasteiger partial charge on any atom is -0.391 e. The Morgan fingerprint density at radius 3 is 3.10 bits per heavy atom.